The minimum atomic E-state index is -4.21. The Balaban J connectivity index is 0.00000161. The Hall–Kier alpha value is -0.0300. The number of carbonyl (C=O) groups excluding carboxylic acids is 2. The van der Waals surface area contributed by atoms with Gasteiger partial charge in [-0.3, -0.25) is 24.1 Å². The van der Waals surface area contributed by atoms with Gasteiger partial charge in [-0.25, -0.2) is 9.36 Å². The van der Waals surface area contributed by atoms with Gasteiger partial charge >= 0.3 is 13.9 Å². The number of phosphoric acid groups is 1. The quantitative estimate of drug-likeness (QED) is 0.396. The molecular weight excluding hydrogens is 318 g/mol. The van der Waals surface area contributed by atoms with Gasteiger partial charge in [-0.2, -0.15) is 0 Å². The van der Waals surface area contributed by atoms with E-state index < -0.39 is 50.9 Å². The summed E-state index contributed by atoms with van der Waals surface area (Å²) in [6.07, 6.45) is -3.70. The third-order valence-electron chi connectivity index (χ3n) is 3.37. The molecule has 0 saturated carbocycles. The molecule has 12 heteroatoms. The van der Waals surface area contributed by atoms with Gasteiger partial charge in [-0.05, 0) is 0 Å². The van der Waals surface area contributed by atoms with Crippen molar-refractivity contribution in [1.29, 1.82) is 0 Å². The smallest absolute Gasteiger partial charge is 0.394 e. The van der Waals surface area contributed by atoms with E-state index >= 15 is 0 Å². The molecule has 3 N–H and O–H groups in total. The summed E-state index contributed by atoms with van der Waals surface area (Å²) >= 11 is 0. The molecule has 1 radical (unpaired) electrons. The van der Waals surface area contributed by atoms with Gasteiger partial charge in [0.1, 0.15) is 18.3 Å². The minimum absolute atomic E-state index is 0. The Morgan fingerprint density at radius 2 is 2.00 bits per heavy atom. The molecule has 3 heterocycles. The first-order valence-electron chi connectivity index (χ1n) is 5.97. The average molecular weight is 331 g/mol. The number of aliphatic hydroxyl groups excluding tert-OH is 1. The molecule has 113 valence electrons. The molecule has 0 aromatic heterocycles. The van der Waals surface area contributed by atoms with Crippen LogP contribution in [-0.2, 0) is 23.1 Å². The number of aliphatic hydroxyl groups is 1. The molecule has 0 spiro atoms. The fourth-order valence-corrected chi connectivity index (χ4v) is 3.64. The van der Waals surface area contributed by atoms with Crippen molar-refractivity contribution >= 4 is 49.3 Å². The number of hydrogen-bond donors (Lipinski definition) is 3. The van der Waals surface area contributed by atoms with E-state index in [9.17, 15) is 24.2 Å². The van der Waals surface area contributed by atoms with Crippen molar-refractivity contribution < 1.29 is 37.9 Å². The van der Waals surface area contributed by atoms with E-state index in [4.69, 9.17) is 13.8 Å². The maximum Gasteiger partial charge on any atom is 0.473 e. The maximum absolute atomic E-state index is 11.8. The van der Waals surface area contributed by atoms with Crippen molar-refractivity contribution in [2.45, 2.75) is 31.0 Å². The van der Waals surface area contributed by atoms with E-state index in [1.54, 1.807) is 0 Å². The van der Waals surface area contributed by atoms with Crippen molar-refractivity contribution in [2.75, 3.05) is 13.2 Å². The average Bonchev–Trinajstić information content (AvgIpc) is 2.83. The van der Waals surface area contributed by atoms with Crippen LogP contribution in [0.5, 0.6) is 0 Å². The number of urea groups is 1. The first-order valence-corrected chi connectivity index (χ1v) is 7.47. The molecule has 0 aromatic carbocycles. The van der Waals surface area contributed by atoms with Crippen LogP contribution in [0, 0.1) is 0 Å². The van der Waals surface area contributed by atoms with Crippen LogP contribution < -0.4 is 5.32 Å². The minimum Gasteiger partial charge on any atom is -0.394 e. The molecule has 10 nitrogen and oxygen atoms in total. The number of amides is 3. The van der Waals surface area contributed by atoms with E-state index in [-0.39, 0.29) is 42.5 Å². The van der Waals surface area contributed by atoms with Gasteiger partial charge in [0.2, 0.25) is 5.91 Å². The summed E-state index contributed by atoms with van der Waals surface area (Å²) in [6, 6.07) is -0.674. The second kappa shape index (κ2) is 6.23. The van der Waals surface area contributed by atoms with Crippen LogP contribution in [0.2, 0.25) is 0 Å². The van der Waals surface area contributed by atoms with Crippen LogP contribution in [0.3, 0.4) is 0 Å². The fraction of sp³-hybridized carbons (Fsp3) is 0.778. The third-order valence-corrected chi connectivity index (χ3v) is 4.39. The maximum atomic E-state index is 11.8. The summed E-state index contributed by atoms with van der Waals surface area (Å²) in [7, 11) is -4.21. The number of phosphoric ester groups is 1. The molecule has 0 aromatic rings. The van der Waals surface area contributed by atoms with E-state index in [1.807, 2.05) is 0 Å². The SMILES string of the molecule is O=C1CCN(C2OC(CO)C3OP(=O)(O)OC32)C(=O)N1.[Na]. The largest absolute Gasteiger partial charge is 0.473 e. The Morgan fingerprint density at radius 1 is 1.33 bits per heavy atom. The molecule has 5 atom stereocenters. The van der Waals surface area contributed by atoms with Crippen molar-refractivity contribution in [2.24, 2.45) is 0 Å². The normalized spacial score (nSPS) is 42.5. The summed E-state index contributed by atoms with van der Waals surface area (Å²) in [5.74, 6) is -0.407. The Morgan fingerprint density at radius 3 is 2.62 bits per heavy atom. The van der Waals surface area contributed by atoms with Crippen LogP contribution in [0.1, 0.15) is 6.42 Å². The zero-order valence-corrected chi connectivity index (χ0v) is 14.1. The summed E-state index contributed by atoms with van der Waals surface area (Å²) in [6.45, 7) is -0.356. The van der Waals surface area contributed by atoms with Gasteiger partial charge < -0.3 is 14.7 Å². The number of imide groups is 1. The molecule has 3 amide bonds. The predicted octanol–water partition coefficient (Wildman–Crippen LogP) is -1.85. The van der Waals surface area contributed by atoms with Crippen molar-refractivity contribution in [3.05, 3.63) is 0 Å². The second-order valence-electron chi connectivity index (χ2n) is 4.65. The molecule has 5 unspecified atom stereocenters. The van der Waals surface area contributed by atoms with Crippen molar-refractivity contribution in [3.63, 3.8) is 0 Å². The predicted molar refractivity (Wildman–Crippen MR) is 65.9 cm³/mol. The number of nitrogens with one attached hydrogen (secondary N) is 1. The number of hydrogen-bond acceptors (Lipinski definition) is 7. The molecule has 0 bridgehead atoms. The Bertz CT molecular complexity index is 504. The van der Waals surface area contributed by atoms with Crippen LogP contribution >= 0.6 is 7.82 Å². The topological polar surface area (TPSA) is 135 Å². The number of ether oxygens (including phenoxy) is 1. The van der Waals surface area contributed by atoms with E-state index in [2.05, 4.69) is 5.32 Å². The van der Waals surface area contributed by atoms with Crippen LogP contribution in [0.25, 0.3) is 0 Å². The van der Waals surface area contributed by atoms with Gasteiger partial charge in [0.15, 0.2) is 6.23 Å². The van der Waals surface area contributed by atoms with Crippen LogP contribution in [0.4, 0.5) is 4.79 Å². The van der Waals surface area contributed by atoms with E-state index in [0.29, 0.717) is 0 Å². The number of rotatable bonds is 2. The zero-order valence-electron chi connectivity index (χ0n) is 11.2. The second-order valence-corrected chi connectivity index (χ2v) is 6.01. The number of carbonyl (C=O) groups is 2. The van der Waals surface area contributed by atoms with Crippen molar-refractivity contribution in [3.8, 4) is 0 Å². The molecule has 3 aliphatic heterocycles. The van der Waals surface area contributed by atoms with Gasteiger partial charge in [0.25, 0.3) is 0 Å². The Labute approximate surface area is 141 Å². The van der Waals surface area contributed by atoms with Crippen LogP contribution in [0.15, 0.2) is 0 Å². The Kier molecular flexibility index (Phi) is 5.14. The van der Waals surface area contributed by atoms with E-state index in [0.717, 1.165) is 0 Å². The molecular formula is C9H13N2NaO8P. The molecule has 3 aliphatic rings. The molecule has 3 rings (SSSR count). The number of fused-ring (bicyclic) bond motifs is 1. The van der Waals surface area contributed by atoms with E-state index in [1.165, 1.54) is 4.90 Å². The van der Waals surface area contributed by atoms with Crippen molar-refractivity contribution in [1.82, 2.24) is 10.2 Å². The van der Waals surface area contributed by atoms with Gasteiger partial charge in [-0.15, -0.1) is 0 Å². The van der Waals surface area contributed by atoms with Crippen LogP contribution in [-0.4, -0.2) is 94.1 Å². The van der Waals surface area contributed by atoms with Gasteiger partial charge in [-0.1, -0.05) is 0 Å². The summed E-state index contributed by atoms with van der Waals surface area (Å²) < 4.78 is 26.6. The van der Waals surface area contributed by atoms with Gasteiger partial charge in [0, 0.05) is 42.5 Å². The number of nitrogens with zero attached hydrogens (tertiary/aromatic N) is 1. The fourth-order valence-electron chi connectivity index (χ4n) is 2.50. The molecule has 21 heavy (non-hydrogen) atoms. The molecule has 3 saturated heterocycles. The molecule has 3 fully saturated rings. The zero-order chi connectivity index (χ0) is 14.5. The van der Waals surface area contributed by atoms with Gasteiger partial charge in [0.05, 0.1) is 6.61 Å². The standard InChI is InChI=1S/C9H13N2O8P.Na/c12-3-4-6-7(19-20(15,16)18-6)8(17-4)11-2-1-5(13)10-9(11)14;/h4,6-8,12H,1-3H2,(H,15,16)(H,10,13,14);. The third kappa shape index (κ3) is 3.19. The summed E-state index contributed by atoms with van der Waals surface area (Å²) in [5, 5.41) is 11.3. The first kappa shape index (κ1) is 17.3. The molecule has 0 aliphatic carbocycles. The summed E-state index contributed by atoms with van der Waals surface area (Å²) in [4.78, 5) is 33.4. The first-order chi connectivity index (χ1) is 9.41. The summed E-state index contributed by atoms with van der Waals surface area (Å²) in [5.41, 5.74) is 0. The monoisotopic (exact) mass is 331 g/mol.